The van der Waals surface area contributed by atoms with E-state index in [9.17, 15) is 13.2 Å². The largest absolute Gasteiger partial charge is 0.382 e. The van der Waals surface area contributed by atoms with Crippen LogP contribution in [0.3, 0.4) is 0 Å². The monoisotopic (exact) mass is 412 g/mol. The molecule has 6 nitrogen and oxygen atoms in total. The number of hydrogen-bond donors (Lipinski definition) is 0. The molecule has 0 aliphatic rings. The van der Waals surface area contributed by atoms with E-state index in [-0.39, 0.29) is 17.6 Å². The second kappa shape index (κ2) is 10.7. The van der Waals surface area contributed by atoms with Gasteiger partial charge in [0, 0.05) is 49.9 Å². The number of nitrogens with zero attached hydrogens (tertiary/aromatic N) is 2. The van der Waals surface area contributed by atoms with E-state index in [1.165, 1.54) is 0 Å². The number of carbonyl (C=O) groups excluding carboxylic acids is 1. The van der Waals surface area contributed by atoms with Gasteiger partial charge in [0.2, 0.25) is 5.91 Å². The smallest absolute Gasteiger partial charge is 0.306 e. The second-order valence-electron chi connectivity index (χ2n) is 8.02. The van der Waals surface area contributed by atoms with Gasteiger partial charge in [-0.2, -0.15) is 8.42 Å². The van der Waals surface area contributed by atoms with Crippen LogP contribution in [0.25, 0.3) is 0 Å². The van der Waals surface area contributed by atoms with E-state index in [1.54, 1.807) is 11.0 Å². The first-order chi connectivity index (χ1) is 13.0. The fraction of sp³-hybridized carbons (Fsp3) is 0.667. The number of anilines is 1. The molecule has 0 atom stereocenters. The summed E-state index contributed by atoms with van der Waals surface area (Å²) < 4.78 is 28.9. The summed E-state index contributed by atoms with van der Waals surface area (Å²) in [7, 11) is -3.68. The summed E-state index contributed by atoms with van der Waals surface area (Å²) in [5.74, 6) is 0.934. The molecule has 0 fully saturated rings. The van der Waals surface area contributed by atoms with Gasteiger partial charge >= 0.3 is 10.1 Å². The lowest BCUT2D eigenvalue weighted by Crippen LogP contribution is -2.34. The fourth-order valence-corrected chi connectivity index (χ4v) is 3.56. The fourth-order valence-electron chi connectivity index (χ4n) is 3.08. The van der Waals surface area contributed by atoms with E-state index in [0.717, 1.165) is 25.0 Å². The van der Waals surface area contributed by atoms with Crippen molar-refractivity contribution in [1.29, 1.82) is 0 Å². The van der Waals surface area contributed by atoms with Gasteiger partial charge in [0.1, 0.15) is 5.75 Å². The molecule has 0 aliphatic carbocycles. The first kappa shape index (κ1) is 24.3. The minimum Gasteiger partial charge on any atom is -0.382 e. The third kappa shape index (κ3) is 8.09. The zero-order valence-corrected chi connectivity index (χ0v) is 19.2. The molecular weight excluding hydrogens is 376 g/mol. The lowest BCUT2D eigenvalue weighted by molar-refractivity contribution is -0.133. The van der Waals surface area contributed by atoms with Crippen LogP contribution in [0.4, 0.5) is 5.69 Å². The van der Waals surface area contributed by atoms with Gasteiger partial charge in [-0.3, -0.25) is 4.79 Å². The summed E-state index contributed by atoms with van der Waals surface area (Å²) in [5.41, 5.74) is 1.59. The summed E-state index contributed by atoms with van der Waals surface area (Å²) in [6.45, 7) is 14.8. The Morgan fingerprint density at radius 1 is 1.07 bits per heavy atom. The van der Waals surface area contributed by atoms with Crippen LogP contribution < -0.4 is 9.08 Å². The van der Waals surface area contributed by atoms with Crippen molar-refractivity contribution in [3.63, 3.8) is 0 Å². The van der Waals surface area contributed by atoms with Crippen LogP contribution >= 0.6 is 0 Å². The van der Waals surface area contributed by atoms with Crippen molar-refractivity contribution >= 4 is 21.7 Å². The first-order valence-corrected chi connectivity index (χ1v) is 11.8. The van der Waals surface area contributed by atoms with Gasteiger partial charge in [-0.15, -0.1) is 0 Å². The molecule has 1 rings (SSSR count). The highest BCUT2D eigenvalue weighted by Gasteiger charge is 2.20. The predicted octanol–water partition coefficient (Wildman–Crippen LogP) is 3.90. The van der Waals surface area contributed by atoms with Gasteiger partial charge in [0.15, 0.2) is 0 Å². The quantitative estimate of drug-likeness (QED) is 0.516. The molecule has 1 aromatic carbocycles. The average molecular weight is 413 g/mol. The summed E-state index contributed by atoms with van der Waals surface area (Å²) in [6.07, 6.45) is 1.50. The third-order valence-electron chi connectivity index (χ3n) is 4.30. The van der Waals surface area contributed by atoms with E-state index in [1.807, 2.05) is 39.8 Å². The van der Waals surface area contributed by atoms with E-state index in [4.69, 9.17) is 4.18 Å². The molecule has 0 bridgehead atoms. The Balaban J connectivity index is 3.28. The summed E-state index contributed by atoms with van der Waals surface area (Å²) in [6, 6.07) is 5.58. The maximum atomic E-state index is 12.7. The van der Waals surface area contributed by atoms with Crippen molar-refractivity contribution < 1.29 is 17.4 Å². The van der Waals surface area contributed by atoms with E-state index in [2.05, 4.69) is 18.7 Å². The summed E-state index contributed by atoms with van der Waals surface area (Å²) in [5, 5.41) is 0. The van der Waals surface area contributed by atoms with Crippen molar-refractivity contribution in [2.45, 2.75) is 54.5 Å². The molecule has 28 heavy (non-hydrogen) atoms. The van der Waals surface area contributed by atoms with Crippen LogP contribution in [0.15, 0.2) is 18.2 Å². The molecule has 1 aromatic rings. The number of benzene rings is 1. The van der Waals surface area contributed by atoms with E-state index < -0.39 is 10.1 Å². The zero-order chi connectivity index (χ0) is 21.5. The number of rotatable bonds is 11. The molecule has 0 heterocycles. The van der Waals surface area contributed by atoms with Crippen LogP contribution in [-0.4, -0.2) is 45.1 Å². The summed E-state index contributed by atoms with van der Waals surface area (Å²) >= 11 is 0. The predicted molar refractivity (Wildman–Crippen MR) is 115 cm³/mol. The topological polar surface area (TPSA) is 66.9 Å². The highest BCUT2D eigenvalue weighted by atomic mass is 32.2. The lowest BCUT2D eigenvalue weighted by Gasteiger charge is -2.27. The molecule has 0 aliphatic heterocycles. The Morgan fingerprint density at radius 3 is 2.14 bits per heavy atom. The Labute approximate surface area is 171 Å². The standard InChI is InChI=1S/C21H36N2O4S/c1-8-22(9-2)19-11-10-18(20(13-19)27-28(7,25)26)15-23(14-17(5)6)21(24)12-16(3)4/h10-11,13,16-17H,8-9,12,14-15H2,1-7H3. The highest BCUT2D eigenvalue weighted by Crippen LogP contribution is 2.29. The maximum Gasteiger partial charge on any atom is 0.306 e. The lowest BCUT2D eigenvalue weighted by atomic mass is 10.1. The zero-order valence-electron chi connectivity index (χ0n) is 18.4. The molecular formula is C21H36N2O4S. The molecule has 0 spiro atoms. The van der Waals surface area contributed by atoms with Crippen LogP contribution in [-0.2, 0) is 21.5 Å². The van der Waals surface area contributed by atoms with Gasteiger partial charge in [0.25, 0.3) is 0 Å². The number of carbonyl (C=O) groups is 1. The third-order valence-corrected chi connectivity index (χ3v) is 4.79. The van der Waals surface area contributed by atoms with Gasteiger partial charge < -0.3 is 14.0 Å². The van der Waals surface area contributed by atoms with Crippen LogP contribution in [0.1, 0.15) is 53.5 Å². The normalized spacial score (nSPS) is 11.8. The molecule has 0 saturated heterocycles. The van der Waals surface area contributed by atoms with Gasteiger partial charge in [-0.25, -0.2) is 0 Å². The van der Waals surface area contributed by atoms with Gasteiger partial charge in [0.05, 0.1) is 6.26 Å². The molecule has 160 valence electrons. The summed E-state index contributed by atoms with van der Waals surface area (Å²) in [4.78, 5) is 16.6. The minimum absolute atomic E-state index is 0.0711. The molecule has 0 radical (unpaired) electrons. The molecule has 0 aromatic heterocycles. The first-order valence-electron chi connectivity index (χ1n) is 10.0. The Hall–Kier alpha value is -1.76. The highest BCUT2D eigenvalue weighted by molar-refractivity contribution is 7.86. The number of amides is 1. The Bertz CT molecular complexity index is 741. The maximum absolute atomic E-state index is 12.7. The van der Waals surface area contributed by atoms with Crippen molar-refractivity contribution in [3.05, 3.63) is 23.8 Å². The van der Waals surface area contributed by atoms with Gasteiger partial charge in [-0.1, -0.05) is 33.8 Å². The van der Waals surface area contributed by atoms with Crippen molar-refractivity contribution in [3.8, 4) is 5.75 Å². The van der Waals surface area contributed by atoms with Crippen LogP contribution in [0.2, 0.25) is 0 Å². The van der Waals surface area contributed by atoms with Gasteiger partial charge in [-0.05, 0) is 31.7 Å². The average Bonchev–Trinajstić information content (AvgIpc) is 2.55. The van der Waals surface area contributed by atoms with Crippen LogP contribution in [0.5, 0.6) is 5.75 Å². The van der Waals surface area contributed by atoms with Crippen LogP contribution in [0, 0.1) is 11.8 Å². The molecule has 7 heteroatoms. The molecule has 0 N–H and O–H groups in total. The van der Waals surface area contributed by atoms with Crippen molar-refractivity contribution in [1.82, 2.24) is 4.90 Å². The SMILES string of the molecule is CCN(CC)c1ccc(CN(CC(C)C)C(=O)CC(C)C)c(OS(C)(=O)=O)c1. The second-order valence-corrected chi connectivity index (χ2v) is 9.59. The molecule has 0 unspecified atom stereocenters. The molecule has 0 saturated carbocycles. The number of hydrogen-bond acceptors (Lipinski definition) is 5. The Kier molecular flexibility index (Phi) is 9.27. The van der Waals surface area contributed by atoms with Crippen molar-refractivity contribution in [2.75, 3.05) is 30.8 Å². The van der Waals surface area contributed by atoms with Crippen molar-refractivity contribution in [2.24, 2.45) is 11.8 Å². The molecule has 1 amide bonds. The Morgan fingerprint density at radius 2 is 1.68 bits per heavy atom. The van der Waals surface area contributed by atoms with E-state index >= 15 is 0 Å². The minimum atomic E-state index is -3.68. The van der Waals surface area contributed by atoms with E-state index in [0.29, 0.717) is 31.0 Å².